The van der Waals surface area contributed by atoms with Crippen molar-refractivity contribution in [3.8, 4) is 0 Å². The fraction of sp³-hybridized carbons (Fsp3) is 0.333. The molecule has 2 aliphatic rings. The standard InChI is InChI=1S/C18H19N/c1-13-11-19-12-15-9-5-6-10-16(15)18(19)17(13)14-7-3-2-4-8-14/h2-10,13,17-18H,11-12H2,1H3/t13-,17+,18+/m0/s1. The highest BCUT2D eigenvalue weighted by Crippen LogP contribution is 2.51. The fourth-order valence-electron chi connectivity index (χ4n) is 4.06. The fourth-order valence-corrected chi connectivity index (χ4v) is 4.06. The molecule has 0 amide bonds. The van der Waals surface area contributed by atoms with Crippen molar-refractivity contribution in [1.29, 1.82) is 0 Å². The van der Waals surface area contributed by atoms with Gasteiger partial charge in [-0.25, -0.2) is 0 Å². The largest absolute Gasteiger partial charge is 0.291 e. The molecule has 0 spiro atoms. The molecular weight excluding hydrogens is 230 g/mol. The first-order valence-corrected chi connectivity index (χ1v) is 7.21. The van der Waals surface area contributed by atoms with E-state index in [1.807, 2.05) is 0 Å². The van der Waals surface area contributed by atoms with Crippen molar-refractivity contribution in [3.63, 3.8) is 0 Å². The number of hydrogen-bond donors (Lipinski definition) is 0. The number of nitrogens with zero attached hydrogens (tertiary/aromatic N) is 1. The summed E-state index contributed by atoms with van der Waals surface area (Å²) in [5, 5.41) is 0. The maximum Gasteiger partial charge on any atom is 0.0426 e. The van der Waals surface area contributed by atoms with Gasteiger partial charge in [-0.3, -0.25) is 4.90 Å². The summed E-state index contributed by atoms with van der Waals surface area (Å²) < 4.78 is 0. The highest BCUT2D eigenvalue weighted by molar-refractivity contribution is 5.39. The predicted octanol–water partition coefficient (Wildman–Crippen LogP) is 3.98. The van der Waals surface area contributed by atoms with Gasteiger partial charge < -0.3 is 0 Å². The van der Waals surface area contributed by atoms with Gasteiger partial charge in [0.15, 0.2) is 0 Å². The molecular formula is C18H19N. The number of hydrogen-bond acceptors (Lipinski definition) is 1. The Morgan fingerprint density at radius 1 is 0.947 bits per heavy atom. The zero-order chi connectivity index (χ0) is 12.8. The summed E-state index contributed by atoms with van der Waals surface area (Å²) >= 11 is 0. The van der Waals surface area contributed by atoms with Crippen LogP contribution in [0.25, 0.3) is 0 Å². The molecule has 1 fully saturated rings. The molecule has 3 atom stereocenters. The van der Waals surface area contributed by atoms with Gasteiger partial charge in [0.25, 0.3) is 0 Å². The van der Waals surface area contributed by atoms with Crippen LogP contribution >= 0.6 is 0 Å². The lowest BCUT2D eigenvalue weighted by Crippen LogP contribution is -2.16. The molecule has 0 unspecified atom stereocenters. The van der Waals surface area contributed by atoms with Crippen LogP contribution in [0.2, 0.25) is 0 Å². The summed E-state index contributed by atoms with van der Waals surface area (Å²) in [5.41, 5.74) is 4.58. The molecule has 4 rings (SSSR count). The molecule has 0 aromatic heterocycles. The predicted molar refractivity (Wildman–Crippen MR) is 77.9 cm³/mol. The van der Waals surface area contributed by atoms with E-state index < -0.39 is 0 Å². The second kappa shape index (κ2) is 4.21. The van der Waals surface area contributed by atoms with Gasteiger partial charge in [0.05, 0.1) is 0 Å². The van der Waals surface area contributed by atoms with E-state index in [4.69, 9.17) is 0 Å². The van der Waals surface area contributed by atoms with Crippen LogP contribution in [0.5, 0.6) is 0 Å². The summed E-state index contributed by atoms with van der Waals surface area (Å²) in [7, 11) is 0. The molecule has 0 aliphatic carbocycles. The van der Waals surface area contributed by atoms with Crippen molar-refractivity contribution >= 4 is 0 Å². The molecule has 2 aliphatic heterocycles. The van der Waals surface area contributed by atoms with Crippen LogP contribution in [-0.2, 0) is 6.54 Å². The highest BCUT2D eigenvalue weighted by atomic mass is 15.2. The van der Waals surface area contributed by atoms with Crippen LogP contribution in [0.4, 0.5) is 0 Å². The summed E-state index contributed by atoms with van der Waals surface area (Å²) in [5.74, 6) is 1.38. The molecule has 19 heavy (non-hydrogen) atoms. The minimum absolute atomic E-state index is 0.591. The van der Waals surface area contributed by atoms with Crippen LogP contribution in [0.3, 0.4) is 0 Å². The monoisotopic (exact) mass is 249 g/mol. The Kier molecular flexibility index (Phi) is 2.49. The second-order valence-electron chi connectivity index (χ2n) is 5.99. The molecule has 2 aromatic carbocycles. The first-order valence-electron chi connectivity index (χ1n) is 7.21. The van der Waals surface area contributed by atoms with Gasteiger partial charge in [-0.05, 0) is 22.6 Å². The Hall–Kier alpha value is -1.60. The van der Waals surface area contributed by atoms with Crippen molar-refractivity contribution in [3.05, 3.63) is 71.3 Å². The average molecular weight is 249 g/mol. The average Bonchev–Trinajstić information content (AvgIpc) is 2.94. The normalized spacial score (nSPS) is 29.2. The molecule has 1 nitrogen and oxygen atoms in total. The van der Waals surface area contributed by atoms with Gasteiger partial charge >= 0.3 is 0 Å². The van der Waals surface area contributed by atoms with E-state index in [2.05, 4.69) is 66.4 Å². The third kappa shape index (κ3) is 1.65. The smallest absolute Gasteiger partial charge is 0.0426 e. The SMILES string of the molecule is C[C@H]1CN2Cc3ccccc3[C@@H]2[C@H]1c1ccccc1. The Balaban J connectivity index is 1.80. The minimum atomic E-state index is 0.591. The molecule has 0 bridgehead atoms. The highest BCUT2D eigenvalue weighted by Gasteiger charge is 2.44. The number of rotatable bonds is 1. The Morgan fingerprint density at radius 3 is 2.53 bits per heavy atom. The Labute approximate surface area is 114 Å². The molecule has 0 saturated carbocycles. The zero-order valence-electron chi connectivity index (χ0n) is 11.3. The van der Waals surface area contributed by atoms with Crippen molar-refractivity contribution < 1.29 is 0 Å². The second-order valence-corrected chi connectivity index (χ2v) is 5.99. The lowest BCUT2D eigenvalue weighted by Gasteiger charge is -2.23. The molecule has 2 heterocycles. The van der Waals surface area contributed by atoms with E-state index in [1.165, 1.54) is 17.7 Å². The van der Waals surface area contributed by atoms with Gasteiger partial charge in [0.1, 0.15) is 0 Å². The van der Waals surface area contributed by atoms with Crippen LogP contribution in [0, 0.1) is 5.92 Å². The van der Waals surface area contributed by atoms with Gasteiger partial charge in [-0.15, -0.1) is 0 Å². The van der Waals surface area contributed by atoms with Gasteiger partial charge in [-0.2, -0.15) is 0 Å². The van der Waals surface area contributed by atoms with E-state index in [9.17, 15) is 0 Å². The van der Waals surface area contributed by atoms with E-state index in [1.54, 1.807) is 5.56 Å². The number of benzene rings is 2. The minimum Gasteiger partial charge on any atom is -0.291 e. The third-order valence-corrected chi connectivity index (χ3v) is 4.80. The van der Waals surface area contributed by atoms with Gasteiger partial charge in [0, 0.05) is 25.0 Å². The van der Waals surface area contributed by atoms with Crippen LogP contribution < -0.4 is 0 Å². The first kappa shape index (κ1) is 11.2. The van der Waals surface area contributed by atoms with E-state index in [0.29, 0.717) is 12.0 Å². The lowest BCUT2D eigenvalue weighted by molar-refractivity contribution is 0.269. The van der Waals surface area contributed by atoms with E-state index >= 15 is 0 Å². The van der Waals surface area contributed by atoms with Gasteiger partial charge in [0.2, 0.25) is 0 Å². The topological polar surface area (TPSA) is 3.24 Å². The van der Waals surface area contributed by atoms with E-state index in [-0.39, 0.29) is 0 Å². The Morgan fingerprint density at radius 2 is 1.68 bits per heavy atom. The summed E-state index contributed by atoms with van der Waals surface area (Å²) in [6.07, 6.45) is 0. The molecule has 1 saturated heterocycles. The number of fused-ring (bicyclic) bond motifs is 3. The summed E-state index contributed by atoms with van der Waals surface area (Å²) in [6.45, 7) is 4.76. The van der Waals surface area contributed by atoms with Crippen molar-refractivity contribution in [2.24, 2.45) is 5.92 Å². The molecule has 0 radical (unpaired) electrons. The van der Waals surface area contributed by atoms with Crippen LogP contribution in [0.15, 0.2) is 54.6 Å². The zero-order valence-corrected chi connectivity index (χ0v) is 11.3. The van der Waals surface area contributed by atoms with Gasteiger partial charge in [-0.1, -0.05) is 61.5 Å². The van der Waals surface area contributed by atoms with Crippen LogP contribution in [-0.4, -0.2) is 11.4 Å². The molecule has 2 aromatic rings. The molecule has 1 heteroatoms. The van der Waals surface area contributed by atoms with E-state index in [0.717, 1.165) is 12.5 Å². The molecule has 0 N–H and O–H groups in total. The lowest BCUT2D eigenvalue weighted by atomic mass is 9.82. The maximum absolute atomic E-state index is 2.66. The Bertz CT molecular complexity index is 590. The van der Waals surface area contributed by atoms with Crippen molar-refractivity contribution in [2.45, 2.75) is 25.4 Å². The van der Waals surface area contributed by atoms with Crippen LogP contribution in [0.1, 0.15) is 35.6 Å². The summed E-state index contributed by atoms with van der Waals surface area (Å²) in [6, 6.07) is 20.6. The maximum atomic E-state index is 2.66. The quantitative estimate of drug-likeness (QED) is 0.739. The summed E-state index contributed by atoms with van der Waals surface area (Å²) in [4.78, 5) is 2.66. The first-order chi connectivity index (χ1) is 9.34. The van der Waals surface area contributed by atoms with Crippen molar-refractivity contribution in [2.75, 3.05) is 6.54 Å². The third-order valence-electron chi connectivity index (χ3n) is 4.80. The van der Waals surface area contributed by atoms with Crippen molar-refractivity contribution in [1.82, 2.24) is 4.90 Å². The molecule has 96 valence electrons.